The number of carbonyl (C=O) groups excluding carboxylic acids is 2. The van der Waals surface area contributed by atoms with Gasteiger partial charge in [0.1, 0.15) is 5.82 Å². The Kier molecular flexibility index (Phi) is 7.00. The zero-order chi connectivity index (χ0) is 21.6. The molecule has 1 saturated heterocycles. The van der Waals surface area contributed by atoms with Crippen LogP contribution in [0.15, 0.2) is 61.2 Å². The number of hydrogen-bond donors (Lipinski definition) is 1. The number of amides is 2. The molecule has 6 heteroatoms. The lowest BCUT2D eigenvalue weighted by atomic mass is 9.87. The van der Waals surface area contributed by atoms with Gasteiger partial charge in [0.05, 0.1) is 13.2 Å². The Bertz CT molecular complexity index is 913. The third kappa shape index (κ3) is 4.76. The highest BCUT2D eigenvalue weighted by molar-refractivity contribution is 5.88. The first kappa shape index (κ1) is 21.7. The average Bonchev–Trinajstić information content (AvgIpc) is 2.78. The Hall–Kier alpha value is -2.99. The van der Waals surface area contributed by atoms with Crippen LogP contribution in [0, 0.1) is 5.82 Å². The molecule has 1 fully saturated rings. The lowest BCUT2D eigenvalue weighted by Crippen LogP contribution is -2.62. The molecular formula is C24H27FN2O3. The van der Waals surface area contributed by atoms with E-state index in [1.807, 2.05) is 24.3 Å². The van der Waals surface area contributed by atoms with Crippen molar-refractivity contribution in [3.8, 4) is 11.1 Å². The van der Waals surface area contributed by atoms with Gasteiger partial charge in [-0.15, -0.1) is 6.58 Å². The van der Waals surface area contributed by atoms with Crippen molar-refractivity contribution >= 4 is 11.8 Å². The molecule has 3 rings (SSSR count). The Balaban J connectivity index is 1.98. The highest BCUT2D eigenvalue weighted by Gasteiger charge is 2.45. The van der Waals surface area contributed by atoms with Gasteiger partial charge in [-0.25, -0.2) is 4.39 Å². The van der Waals surface area contributed by atoms with Crippen molar-refractivity contribution in [1.29, 1.82) is 0 Å². The number of nitrogens with zero attached hydrogens (tertiary/aromatic N) is 1. The van der Waals surface area contributed by atoms with Gasteiger partial charge in [-0.2, -0.15) is 0 Å². The maximum Gasteiger partial charge on any atom is 0.254 e. The number of halogens is 1. The number of ether oxygens (including phenoxy) is 1. The molecule has 1 aliphatic rings. The van der Waals surface area contributed by atoms with Crippen LogP contribution in [0.1, 0.15) is 18.9 Å². The van der Waals surface area contributed by atoms with E-state index in [2.05, 4.69) is 11.9 Å². The summed E-state index contributed by atoms with van der Waals surface area (Å²) in [6.07, 6.45) is 2.27. The van der Waals surface area contributed by atoms with E-state index in [-0.39, 0.29) is 37.2 Å². The molecule has 30 heavy (non-hydrogen) atoms. The number of morpholine rings is 1. The van der Waals surface area contributed by atoms with Crippen LogP contribution in [0.3, 0.4) is 0 Å². The van der Waals surface area contributed by atoms with Crippen LogP contribution in [0.2, 0.25) is 0 Å². The largest absolute Gasteiger partial charge is 0.361 e. The fraction of sp³-hybridized carbons (Fsp3) is 0.333. The summed E-state index contributed by atoms with van der Waals surface area (Å²) in [4.78, 5) is 27.2. The van der Waals surface area contributed by atoms with Crippen LogP contribution in [0.5, 0.6) is 0 Å². The van der Waals surface area contributed by atoms with E-state index in [4.69, 9.17) is 4.74 Å². The lowest BCUT2D eigenvalue weighted by Gasteiger charge is -2.42. The Morgan fingerprint density at radius 1 is 1.23 bits per heavy atom. The van der Waals surface area contributed by atoms with Crippen molar-refractivity contribution in [1.82, 2.24) is 10.2 Å². The molecule has 0 spiro atoms. The second-order valence-corrected chi connectivity index (χ2v) is 7.35. The molecular weight excluding hydrogens is 383 g/mol. The Morgan fingerprint density at radius 2 is 1.97 bits per heavy atom. The molecule has 1 N–H and O–H groups in total. The van der Waals surface area contributed by atoms with Gasteiger partial charge < -0.3 is 15.0 Å². The van der Waals surface area contributed by atoms with Crippen molar-refractivity contribution in [2.45, 2.75) is 25.4 Å². The van der Waals surface area contributed by atoms with Gasteiger partial charge in [0.2, 0.25) is 5.91 Å². The molecule has 0 saturated carbocycles. The van der Waals surface area contributed by atoms with Crippen LogP contribution in [-0.4, -0.2) is 48.6 Å². The summed E-state index contributed by atoms with van der Waals surface area (Å²) in [6, 6.07) is 13.9. The Labute approximate surface area is 176 Å². The first-order chi connectivity index (χ1) is 14.5. The standard InChI is InChI=1S/C24H27FN2O3/c1-3-13-26-23(29)24(17-27(14-15-30-24)22(28)4-2)16-19-7-5-6-8-21(19)18-9-11-20(25)12-10-18/h3,5-12H,1,4,13-17H2,2H3,(H,26,29)/t24-/m0/s1. The highest BCUT2D eigenvalue weighted by atomic mass is 19.1. The molecule has 0 aliphatic carbocycles. The second kappa shape index (κ2) is 9.67. The third-order valence-corrected chi connectivity index (χ3v) is 5.31. The first-order valence-electron chi connectivity index (χ1n) is 10.1. The highest BCUT2D eigenvalue weighted by Crippen LogP contribution is 2.30. The number of hydrogen-bond acceptors (Lipinski definition) is 3. The average molecular weight is 410 g/mol. The molecule has 5 nitrogen and oxygen atoms in total. The van der Waals surface area contributed by atoms with Gasteiger partial charge >= 0.3 is 0 Å². The first-order valence-corrected chi connectivity index (χ1v) is 10.1. The van der Waals surface area contributed by atoms with E-state index in [1.165, 1.54) is 12.1 Å². The predicted octanol–water partition coefficient (Wildman–Crippen LogP) is 3.35. The van der Waals surface area contributed by atoms with Crippen LogP contribution in [-0.2, 0) is 20.7 Å². The van der Waals surface area contributed by atoms with E-state index in [9.17, 15) is 14.0 Å². The van der Waals surface area contributed by atoms with Crippen LogP contribution in [0.25, 0.3) is 11.1 Å². The minimum absolute atomic E-state index is 0.00832. The fourth-order valence-electron chi connectivity index (χ4n) is 3.76. The van der Waals surface area contributed by atoms with Gasteiger partial charge in [0, 0.05) is 25.9 Å². The van der Waals surface area contributed by atoms with Crippen molar-refractivity contribution in [2.75, 3.05) is 26.2 Å². The molecule has 2 aromatic rings. The summed E-state index contributed by atoms with van der Waals surface area (Å²) in [5.41, 5.74) is 1.44. The summed E-state index contributed by atoms with van der Waals surface area (Å²) in [7, 11) is 0. The lowest BCUT2D eigenvalue weighted by molar-refractivity contribution is -0.165. The number of rotatable bonds is 7. The van der Waals surface area contributed by atoms with Crippen LogP contribution in [0.4, 0.5) is 4.39 Å². The van der Waals surface area contributed by atoms with Crippen molar-refractivity contribution < 1.29 is 18.7 Å². The van der Waals surface area contributed by atoms with Crippen molar-refractivity contribution in [3.05, 3.63) is 72.6 Å². The maximum absolute atomic E-state index is 13.4. The predicted molar refractivity (Wildman–Crippen MR) is 114 cm³/mol. The molecule has 0 radical (unpaired) electrons. The molecule has 1 aliphatic heterocycles. The molecule has 2 amide bonds. The van der Waals surface area contributed by atoms with Crippen LogP contribution < -0.4 is 5.32 Å². The quantitative estimate of drug-likeness (QED) is 0.713. The second-order valence-electron chi connectivity index (χ2n) is 7.35. The minimum Gasteiger partial charge on any atom is -0.361 e. The monoisotopic (exact) mass is 410 g/mol. The van der Waals surface area contributed by atoms with Crippen LogP contribution >= 0.6 is 0 Å². The number of carbonyl (C=O) groups is 2. The maximum atomic E-state index is 13.4. The molecule has 0 bridgehead atoms. The summed E-state index contributed by atoms with van der Waals surface area (Å²) in [5.74, 6) is -0.586. The van der Waals surface area contributed by atoms with Crippen molar-refractivity contribution in [3.63, 3.8) is 0 Å². The van der Waals surface area contributed by atoms with Gasteiger partial charge in [-0.1, -0.05) is 49.4 Å². The summed E-state index contributed by atoms with van der Waals surface area (Å²) in [6.45, 7) is 6.69. The number of benzene rings is 2. The van der Waals surface area contributed by atoms with E-state index >= 15 is 0 Å². The third-order valence-electron chi connectivity index (χ3n) is 5.31. The molecule has 158 valence electrons. The van der Waals surface area contributed by atoms with Gasteiger partial charge in [-0.05, 0) is 28.8 Å². The van der Waals surface area contributed by atoms with E-state index in [1.54, 1.807) is 30.0 Å². The Morgan fingerprint density at radius 3 is 2.67 bits per heavy atom. The smallest absolute Gasteiger partial charge is 0.254 e. The topological polar surface area (TPSA) is 58.6 Å². The summed E-state index contributed by atoms with van der Waals surface area (Å²) in [5, 5.41) is 2.84. The van der Waals surface area contributed by atoms with Gasteiger partial charge in [-0.3, -0.25) is 9.59 Å². The van der Waals surface area contributed by atoms with E-state index in [0.29, 0.717) is 19.5 Å². The van der Waals surface area contributed by atoms with Gasteiger partial charge in [0.15, 0.2) is 5.60 Å². The molecule has 2 aromatic carbocycles. The molecule has 0 aromatic heterocycles. The molecule has 0 unspecified atom stereocenters. The SMILES string of the molecule is C=CCNC(=O)[C@]1(Cc2ccccc2-c2ccc(F)cc2)CN(C(=O)CC)CCO1. The zero-order valence-corrected chi connectivity index (χ0v) is 17.2. The molecule has 1 atom stereocenters. The zero-order valence-electron chi connectivity index (χ0n) is 17.2. The van der Waals surface area contributed by atoms with E-state index < -0.39 is 5.60 Å². The normalized spacial score (nSPS) is 18.7. The number of nitrogens with one attached hydrogen (secondary N) is 1. The van der Waals surface area contributed by atoms with Gasteiger partial charge in [0.25, 0.3) is 5.91 Å². The summed E-state index contributed by atoms with van der Waals surface area (Å²) >= 11 is 0. The molecule has 1 heterocycles. The minimum atomic E-state index is -1.21. The fourth-order valence-corrected chi connectivity index (χ4v) is 3.76. The van der Waals surface area contributed by atoms with E-state index in [0.717, 1.165) is 16.7 Å². The summed E-state index contributed by atoms with van der Waals surface area (Å²) < 4.78 is 19.5. The van der Waals surface area contributed by atoms with Crippen molar-refractivity contribution in [2.24, 2.45) is 0 Å².